The molecule has 27 heavy (non-hydrogen) atoms. The van der Waals surface area contributed by atoms with E-state index in [1.165, 1.54) is 0 Å². The molecule has 0 aliphatic rings. The predicted molar refractivity (Wildman–Crippen MR) is 111 cm³/mol. The van der Waals surface area contributed by atoms with Crippen LogP contribution in [-0.4, -0.2) is 24.2 Å². The highest BCUT2D eigenvalue weighted by Gasteiger charge is 2.15. The second-order valence-electron chi connectivity index (χ2n) is 5.73. The Morgan fingerprint density at radius 1 is 1.00 bits per heavy atom. The Kier molecular flexibility index (Phi) is 4.83. The molecule has 5 nitrogen and oxygen atoms in total. The molecule has 0 unspecified atom stereocenters. The number of halogens is 1. The van der Waals surface area contributed by atoms with E-state index in [2.05, 4.69) is 20.7 Å². The monoisotopic (exact) mass is 397 g/mol. The van der Waals surface area contributed by atoms with E-state index >= 15 is 0 Å². The number of para-hydroxylation sites is 1. The van der Waals surface area contributed by atoms with Crippen LogP contribution in [0.15, 0.2) is 54.2 Å². The van der Waals surface area contributed by atoms with Gasteiger partial charge in [-0.1, -0.05) is 29.8 Å². The minimum Gasteiger partial charge on any atom is -0.493 e. The molecule has 0 saturated heterocycles. The number of thiophene rings is 1. The predicted octanol–water partition coefficient (Wildman–Crippen LogP) is 5.77. The van der Waals surface area contributed by atoms with E-state index in [0.717, 1.165) is 27.0 Å². The molecule has 136 valence electrons. The first-order chi connectivity index (χ1) is 13.2. The van der Waals surface area contributed by atoms with Gasteiger partial charge in [0.15, 0.2) is 11.5 Å². The maximum absolute atomic E-state index is 6.30. The third-order valence-electron chi connectivity index (χ3n) is 4.19. The van der Waals surface area contributed by atoms with Crippen LogP contribution >= 0.6 is 22.9 Å². The molecule has 0 fully saturated rings. The van der Waals surface area contributed by atoms with Crippen molar-refractivity contribution in [1.82, 2.24) is 9.97 Å². The number of fused-ring (bicyclic) bond motifs is 1. The zero-order chi connectivity index (χ0) is 18.8. The lowest BCUT2D eigenvalue weighted by Crippen LogP contribution is -1.96. The molecule has 0 saturated carbocycles. The molecule has 0 amide bonds. The van der Waals surface area contributed by atoms with Crippen molar-refractivity contribution in [2.75, 3.05) is 19.5 Å². The lowest BCUT2D eigenvalue weighted by Gasteiger charge is -2.11. The van der Waals surface area contributed by atoms with E-state index in [9.17, 15) is 0 Å². The average molecular weight is 398 g/mol. The Balaban J connectivity index is 1.85. The molecule has 0 bridgehead atoms. The van der Waals surface area contributed by atoms with E-state index in [1.54, 1.807) is 31.9 Å². The second kappa shape index (κ2) is 7.42. The van der Waals surface area contributed by atoms with Crippen molar-refractivity contribution in [2.24, 2.45) is 0 Å². The van der Waals surface area contributed by atoms with Crippen LogP contribution in [0.5, 0.6) is 11.5 Å². The Bertz CT molecular complexity index is 1110. The fraction of sp³-hybridized carbons (Fsp3) is 0.100. The summed E-state index contributed by atoms with van der Waals surface area (Å²) in [6.45, 7) is 0. The number of nitrogens with zero attached hydrogens (tertiary/aromatic N) is 2. The molecule has 0 spiro atoms. The Morgan fingerprint density at radius 2 is 1.81 bits per heavy atom. The highest BCUT2D eigenvalue weighted by molar-refractivity contribution is 7.17. The number of nitrogens with one attached hydrogen (secondary N) is 1. The van der Waals surface area contributed by atoms with Gasteiger partial charge < -0.3 is 14.8 Å². The molecule has 2 heterocycles. The summed E-state index contributed by atoms with van der Waals surface area (Å²) in [5.41, 5.74) is 2.81. The van der Waals surface area contributed by atoms with Crippen molar-refractivity contribution in [1.29, 1.82) is 0 Å². The van der Waals surface area contributed by atoms with Gasteiger partial charge in [0.2, 0.25) is 0 Å². The smallest absolute Gasteiger partial charge is 0.161 e. The van der Waals surface area contributed by atoms with Crippen LogP contribution in [0.1, 0.15) is 0 Å². The third-order valence-corrected chi connectivity index (χ3v) is 5.41. The third kappa shape index (κ3) is 3.29. The zero-order valence-corrected chi connectivity index (χ0v) is 16.3. The normalized spacial score (nSPS) is 10.8. The van der Waals surface area contributed by atoms with Crippen molar-refractivity contribution in [3.05, 3.63) is 59.2 Å². The number of methoxy groups -OCH3 is 2. The van der Waals surface area contributed by atoms with Crippen LogP contribution in [0.2, 0.25) is 5.02 Å². The molecule has 2 aromatic heterocycles. The van der Waals surface area contributed by atoms with E-state index in [0.29, 0.717) is 22.3 Å². The summed E-state index contributed by atoms with van der Waals surface area (Å²) in [6.07, 6.45) is 1.55. The fourth-order valence-electron chi connectivity index (χ4n) is 2.88. The van der Waals surface area contributed by atoms with E-state index in [4.69, 9.17) is 21.1 Å². The largest absolute Gasteiger partial charge is 0.493 e. The van der Waals surface area contributed by atoms with E-state index in [1.807, 2.05) is 42.5 Å². The minimum atomic E-state index is 0.632. The highest BCUT2D eigenvalue weighted by atomic mass is 35.5. The standard InChI is InChI=1S/C20H16ClN3O2S/c1-25-16-8-7-12(9-17(16)26-2)13-10-27-20-18(13)19(22-11-23-20)24-15-6-4-3-5-14(15)21/h3-11H,1-2H3,(H,22,23,24). The lowest BCUT2D eigenvalue weighted by atomic mass is 10.1. The molecule has 0 aliphatic heterocycles. The molecular formula is C20H16ClN3O2S. The summed E-state index contributed by atoms with van der Waals surface area (Å²) in [6, 6.07) is 13.4. The van der Waals surface area contributed by atoms with Gasteiger partial charge in [0, 0.05) is 10.9 Å². The quantitative estimate of drug-likeness (QED) is 0.463. The summed E-state index contributed by atoms with van der Waals surface area (Å²) < 4.78 is 10.8. The first-order valence-corrected chi connectivity index (χ1v) is 9.43. The highest BCUT2D eigenvalue weighted by Crippen LogP contribution is 2.40. The van der Waals surface area contributed by atoms with Crippen LogP contribution in [0.4, 0.5) is 11.5 Å². The summed E-state index contributed by atoms with van der Waals surface area (Å²) in [7, 11) is 3.25. The maximum Gasteiger partial charge on any atom is 0.161 e. The second-order valence-corrected chi connectivity index (χ2v) is 6.99. The molecule has 1 N–H and O–H groups in total. The zero-order valence-electron chi connectivity index (χ0n) is 14.7. The van der Waals surface area contributed by atoms with Gasteiger partial charge in [-0.3, -0.25) is 0 Å². The summed E-state index contributed by atoms with van der Waals surface area (Å²) in [5.74, 6) is 2.07. The fourth-order valence-corrected chi connectivity index (χ4v) is 3.98. The lowest BCUT2D eigenvalue weighted by molar-refractivity contribution is 0.355. The molecule has 7 heteroatoms. The Hall–Kier alpha value is -2.83. The first kappa shape index (κ1) is 17.6. The molecule has 0 aliphatic carbocycles. The van der Waals surface area contributed by atoms with Gasteiger partial charge >= 0.3 is 0 Å². The molecule has 0 atom stereocenters. The number of rotatable bonds is 5. The topological polar surface area (TPSA) is 56.3 Å². The maximum atomic E-state index is 6.30. The van der Waals surface area contributed by atoms with Crippen molar-refractivity contribution in [3.63, 3.8) is 0 Å². The number of anilines is 2. The molecule has 4 aromatic rings. The SMILES string of the molecule is COc1ccc(-c2csc3ncnc(Nc4ccccc4Cl)c23)cc1OC. The van der Waals surface area contributed by atoms with Crippen LogP contribution in [0, 0.1) is 0 Å². The Labute approximate surface area is 165 Å². The van der Waals surface area contributed by atoms with E-state index < -0.39 is 0 Å². The van der Waals surface area contributed by atoms with Crippen LogP contribution in [0.25, 0.3) is 21.3 Å². The molecule has 4 rings (SSSR count). The van der Waals surface area contributed by atoms with Crippen LogP contribution in [0.3, 0.4) is 0 Å². The number of hydrogen-bond donors (Lipinski definition) is 1. The van der Waals surface area contributed by atoms with Crippen molar-refractivity contribution in [2.45, 2.75) is 0 Å². The minimum absolute atomic E-state index is 0.632. The van der Waals surface area contributed by atoms with Crippen LogP contribution in [-0.2, 0) is 0 Å². The van der Waals surface area contributed by atoms with E-state index in [-0.39, 0.29) is 0 Å². The van der Waals surface area contributed by atoms with Crippen molar-refractivity contribution < 1.29 is 9.47 Å². The Morgan fingerprint density at radius 3 is 2.59 bits per heavy atom. The van der Waals surface area contributed by atoms with Crippen molar-refractivity contribution in [3.8, 4) is 22.6 Å². The summed E-state index contributed by atoms with van der Waals surface area (Å²) >= 11 is 7.86. The van der Waals surface area contributed by atoms with Gasteiger partial charge in [-0.2, -0.15) is 0 Å². The van der Waals surface area contributed by atoms with Gasteiger partial charge in [-0.05, 0) is 29.8 Å². The summed E-state index contributed by atoms with van der Waals surface area (Å²) in [4.78, 5) is 9.75. The molecular weight excluding hydrogens is 382 g/mol. The van der Waals surface area contributed by atoms with Gasteiger partial charge in [0.25, 0.3) is 0 Å². The summed E-state index contributed by atoms with van der Waals surface area (Å²) in [5, 5.41) is 6.97. The first-order valence-electron chi connectivity index (χ1n) is 8.17. The molecule has 0 radical (unpaired) electrons. The van der Waals surface area contributed by atoms with Gasteiger partial charge in [0.1, 0.15) is 17.0 Å². The van der Waals surface area contributed by atoms with Gasteiger partial charge in [-0.25, -0.2) is 9.97 Å². The number of benzene rings is 2. The number of hydrogen-bond acceptors (Lipinski definition) is 6. The number of aromatic nitrogens is 2. The van der Waals surface area contributed by atoms with Crippen molar-refractivity contribution >= 4 is 44.7 Å². The molecule has 2 aromatic carbocycles. The van der Waals surface area contributed by atoms with Gasteiger partial charge in [0.05, 0.1) is 30.3 Å². The average Bonchev–Trinajstić information content (AvgIpc) is 3.14. The number of ether oxygens (including phenoxy) is 2. The van der Waals surface area contributed by atoms with Crippen LogP contribution < -0.4 is 14.8 Å². The van der Waals surface area contributed by atoms with Gasteiger partial charge in [-0.15, -0.1) is 11.3 Å².